The van der Waals surface area contributed by atoms with Gasteiger partial charge in [0, 0.05) is 4.47 Å². The normalized spacial score (nSPS) is 14.4. The fourth-order valence-electron chi connectivity index (χ4n) is 1.80. The number of benzene rings is 1. The van der Waals surface area contributed by atoms with Gasteiger partial charge < -0.3 is 4.84 Å². The van der Waals surface area contributed by atoms with Gasteiger partial charge in [0.1, 0.15) is 0 Å². The Bertz CT molecular complexity index is 439. The minimum absolute atomic E-state index is 0.388. The van der Waals surface area contributed by atoms with Gasteiger partial charge >= 0.3 is 0 Å². The third kappa shape index (κ3) is 6.38. The number of nitrogens with zero attached hydrogens (tertiary/aromatic N) is 1. The number of rotatable bonds is 8. The molecule has 0 aromatic heterocycles. The van der Waals surface area contributed by atoms with E-state index in [-0.39, 0.29) is 5.60 Å². The van der Waals surface area contributed by atoms with Gasteiger partial charge in [-0.1, -0.05) is 60.1 Å². The van der Waals surface area contributed by atoms with Crippen molar-refractivity contribution in [3.63, 3.8) is 0 Å². The van der Waals surface area contributed by atoms with Crippen LogP contribution < -0.4 is 0 Å². The van der Waals surface area contributed by atoms with Crippen molar-refractivity contribution in [1.29, 1.82) is 0 Å². The van der Waals surface area contributed by atoms with Crippen molar-refractivity contribution in [2.45, 2.75) is 45.6 Å². The van der Waals surface area contributed by atoms with Gasteiger partial charge in [-0.2, -0.15) is 0 Å². The van der Waals surface area contributed by atoms with Crippen LogP contribution in [0, 0.1) is 5.92 Å². The van der Waals surface area contributed by atoms with E-state index in [0.29, 0.717) is 0 Å². The predicted molar refractivity (Wildman–Crippen MR) is 90.1 cm³/mol. The first-order valence-electron chi connectivity index (χ1n) is 7.06. The predicted octanol–water partition coefficient (Wildman–Crippen LogP) is 5.57. The lowest BCUT2D eigenvalue weighted by molar-refractivity contribution is 0.00224. The van der Waals surface area contributed by atoms with E-state index in [1.165, 1.54) is 6.42 Å². The quantitative estimate of drug-likeness (QED) is 0.345. The third-order valence-electron chi connectivity index (χ3n) is 3.22. The fourth-order valence-corrected chi connectivity index (χ4v) is 2.07. The molecule has 0 fully saturated rings. The molecule has 0 aliphatic carbocycles. The molecule has 2 nitrogen and oxygen atoms in total. The summed E-state index contributed by atoms with van der Waals surface area (Å²) >= 11 is 3.41. The molecule has 1 atom stereocenters. The molecule has 0 bridgehead atoms. The van der Waals surface area contributed by atoms with Crippen molar-refractivity contribution < 1.29 is 4.84 Å². The Labute approximate surface area is 131 Å². The van der Waals surface area contributed by atoms with Gasteiger partial charge in [0.2, 0.25) is 0 Å². The van der Waals surface area contributed by atoms with Crippen LogP contribution >= 0.6 is 15.9 Å². The van der Waals surface area contributed by atoms with Gasteiger partial charge in [0.05, 0.1) is 6.21 Å². The van der Waals surface area contributed by atoms with Crippen molar-refractivity contribution in [3.8, 4) is 0 Å². The van der Waals surface area contributed by atoms with Crippen molar-refractivity contribution in [2.75, 3.05) is 0 Å². The lowest BCUT2D eigenvalue weighted by atomic mass is 9.96. The van der Waals surface area contributed by atoms with Crippen LogP contribution in [0.4, 0.5) is 0 Å². The monoisotopic (exact) mass is 337 g/mol. The van der Waals surface area contributed by atoms with Crippen molar-refractivity contribution >= 4 is 22.1 Å². The largest absolute Gasteiger partial charge is 0.385 e. The summed E-state index contributed by atoms with van der Waals surface area (Å²) in [6.07, 6.45) is 6.83. The minimum atomic E-state index is -0.388. The molecule has 0 aliphatic heterocycles. The van der Waals surface area contributed by atoms with E-state index in [9.17, 15) is 0 Å². The third-order valence-corrected chi connectivity index (χ3v) is 3.75. The molecule has 3 heteroatoms. The molecular formula is C17H24BrNO. The van der Waals surface area contributed by atoms with E-state index in [0.717, 1.165) is 28.8 Å². The highest BCUT2D eigenvalue weighted by molar-refractivity contribution is 9.10. The Kier molecular flexibility index (Phi) is 7.00. The van der Waals surface area contributed by atoms with Crippen LogP contribution in [0.15, 0.2) is 46.5 Å². The summed E-state index contributed by atoms with van der Waals surface area (Å²) in [5.74, 6) is 0.718. The van der Waals surface area contributed by atoms with Crippen LogP contribution in [0.25, 0.3) is 0 Å². The smallest absolute Gasteiger partial charge is 0.152 e. The zero-order chi connectivity index (χ0) is 15.0. The SMILES string of the molecule is C=CC(C)(CCCC(C)C)ON=Cc1ccc(Br)cc1. The first kappa shape index (κ1) is 17.0. The van der Waals surface area contributed by atoms with E-state index in [1.54, 1.807) is 6.21 Å². The average Bonchev–Trinajstić information content (AvgIpc) is 2.41. The summed E-state index contributed by atoms with van der Waals surface area (Å²) in [7, 11) is 0. The molecule has 0 heterocycles. The molecule has 0 aliphatic rings. The Hall–Kier alpha value is -1.09. The maximum atomic E-state index is 5.63. The van der Waals surface area contributed by atoms with Crippen LogP contribution in [0.3, 0.4) is 0 Å². The number of hydrogen-bond acceptors (Lipinski definition) is 2. The topological polar surface area (TPSA) is 21.6 Å². The molecule has 0 spiro atoms. The highest BCUT2D eigenvalue weighted by atomic mass is 79.9. The molecule has 0 saturated carbocycles. The molecule has 1 rings (SSSR count). The highest BCUT2D eigenvalue weighted by Gasteiger charge is 2.21. The van der Waals surface area contributed by atoms with Crippen LogP contribution in [0.2, 0.25) is 0 Å². The van der Waals surface area contributed by atoms with E-state index >= 15 is 0 Å². The standard InChI is InChI=1S/C17H24BrNO/c1-5-17(4,12-6-7-14(2)3)20-19-13-15-8-10-16(18)11-9-15/h5,8-11,13-14H,1,6-7,12H2,2-4H3. The molecular weight excluding hydrogens is 314 g/mol. The minimum Gasteiger partial charge on any atom is -0.385 e. The lowest BCUT2D eigenvalue weighted by Crippen LogP contribution is -2.23. The van der Waals surface area contributed by atoms with Gasteiger partial charge in [0.15, 0.2) is 5.60 Å². The molecule has 1 aromatic carbocycles. The fraction of sp³-hybridized carbons (Fsp3) is 0.471. The zero-order valence-corrected chi connectivity index (χ0v) is 14.2. The number of hydrogen-bond donors (Lipinski definition) is 0. The summed E-state index contributed by atoms with van der Waals surface area (Å²) in [5.41, 5.74) is 0.627. The summed E-state index contributed by atoms with van der Waals surface area (Å²) in [6.45, 7) is 10.4. The van der Waals surface area contributed by atoms with E-state index in [1.807, 2.05) is 37.3 Å². The van der Waals surface area contributed by atoms with Crippen molar-refractivity contribution in [3.05, 3.63) is 47.0 Å². The molecule has 0 radical (unpaired) electrons. The maximum Gasteiger partial charge on any atom is 0.152 e. The molecule has 20 heavy (non-hydrogen) atoms. The Morgan fingerprint density at radius 2 is 2.00 bits per heavy atom. The number of oxime groups is 1. The molecule has 0 amide bonds. The Morgan fingerprint density at radius 1 is 1.35 bits per heavy atom. The second kappa shape index (κ2) is 8.25. The van der Waals surface area contributed by atoms with Gasteiger partial charge in [-0.15, -0.1) is 0 Å². The summed E-state index contributed by atoms with van der Waals surface area (Å²) in [5, 5.41) is 4.10. The molecule has 1 aromatic rings. The number of halogens is 1. The molecule has 110 valence electrons. The van der Waals surface area contributed by atoms with Gasteiger partial charge in [-0.25, -0.2) is 0 Å². The van der Waals surface area contributed by atoms with Crippen molar-refractivity contribution in [1.82, 2.24) is 0 Å². The van der Waals surface area contributed by atoms with Gasteiger partial charge in [-0.3, -0.25) is 0 Å². The van der Waals surface area contributed by atoms with E-state index < -0.39 is 0 Å². The van der Waals surface area contributed by atoms with Gasteiger partial charge in [-0.05, 0) is 49.5 Å². The van der Waals surface area contributed by atoms with Crippen LogP contribution in [0.1, 0.15) is 45.6 Å². The molecule has 0 N–H and O–H groups in total. The van der Waals surface area contributed by atoms with E-state index in [2.05, 4.69) is 41.5 Å². The lowest BCUT2D eigenvalue weighted by Gasteiger charge is -2.23. The Balaban J connectivity index is 2.50. The summed E-state index contributed by atoms with van der Waals surface area (Å²) < 4.78 is 1.06. The second-order valence-electron chi connectivity index (χ2n) is 5.68. The molecule has 0 saturated heterocycles. The van der Waals surface area contributed by atoms with Crippen molar-refractivity contribution in [2.24, 2.45) is 11.1 Å². The Morgan fingerprint density at radius 3 is 2.55 bits per heavy atom. The summed E-state index contributed by atoms with van der Waals surface area (Å²) in [4.78, 5) is 5.63. The first-order valence-corrected chi connectivity index (χ1v) is 7.85. The van der Waals surface area contributed by atoms with Crippen LogP contribution in [-0.4, -0.2) is 11.8 Å². The zero-order valence-electron chi connectivity index (χ0n) is 12.6. The summed E-state index contributed by atoms with van der Waals surface area (Å²) in [6, 6.07) is 7.94. The second-order valence-corrected chi connectivity index (χ2v) is 6.60. The van der Waals surface area contributed by atoms with E-state index in [4.69, 9.17) is 4.84 Å². The molecule has 1 unspecified atom stereocenters. The van der Waals surface area contributed by atoms with Gasteiger partial charge in [0.25, 0.3) is 0 Å². The van der Waals surface area contributed by atoms with Crippen LogP contribution in [0.5, 0.6) is 0 Å². The maximum absolute atomic E-state index is 5.63. The van der Waals surface area contributed by atoms with Crippen LogP contribution in [-0.2, 0) is 4.84 Å². The average molecular weight is 338 g/mol. The first-order chi connectivity index (χ1) is 9.45. The highest BCUT2D eigenvalue weighted by Crippen LogP contribution is 2.22.